The Morgan fingerprint density at radius 3 is 2.33 bits per heavy atom. The number of hydrogen-bond acceptors (Lipinski definition) is 2. The van der Waals surface area contributed by atoms with E-state index in [-0.39, 0.29) is 6.19 Å². The summed E-state index contributed by atoms with van der Waals surface area (Å²) in [5, 5.41) is 0. The van der Waals surface area contributed by atoms with E-state index in [2.05, 4.69) is 0 Å². The monoisotopic (exact) mass is 87.0 g/mol. The van der Waals surface area contributed by atoms with Crippen LogP contribution in [-0.4, -0.2) is 19.4 Å². The van der Waals surface area contributed by atoms with E-state index in [1.54, 1.807) is 0 Å². The summed E-state index contributed by atoms with van der Waals surface area (Å²) in [6.45, 7) is 0. The first-order valence-corrected chi connectivity index (χ1v) is 1.25. The lowest BCUT2D eigenvalue weighted by Gasteiger charge is -1.63. The Kier molecular flexibility index (Phi) is 2.28. The molecule has 4 heteroatoms. The van der Waals surface area contributed by atoms with Crippen molar-refractivity contribution >= 4 is 19.4 Å². The molecule has 1 radical (unpaired) electrons. The van der Waals surface area contributed by atoms with Crippen LogP contribution in [0.2, 0.25) is 0 Å². The standard InChI is InChI=1S/C2HBFO2/c4-2(6)3-1-5/h1H. The van der Waals surface area contributed by atoms with Gasteiger partial charge in [-0.25, -0.2) is 0 Å². The lowest BCUT2D eigenvalue weighted by Crippen LogP contribution is -1.99. The molecule has 0 spiro atoms. The molecule has 0 saturated carbocycles. The molecule has 0 heterocycles. The summed E-state index contributed by atoms with van der Waals surface area (Å²) in [5.74, 6) is -1.70. The van der Waals surface area contributed by atoms with Crippen LogP contribution < -0.4 is 0 Å². The van der Waals surface area contributed by atoms with E-state index in [1.807, 2.05) is 0 Å². The molecule has 31 valence electrons. The van der Waals surface area contributed by atoms with Gasteiger partial charge in [0.05, 0.1) is 6.19 Å². The van der Waals surface area contributed by atoms with Crippen LogP contribution in [0.1, 0.15) is 0 Å². The van der Waals surface area contributed by atoms with Crippen molar-refractivity contribution in [2.75, 3.05) is 0 Å². The average molecular weight is 86.8 g/mol. The second kappa shape index (κ2) is 2.57. The highest BCUT2D eigenvalue weighted by Gasteiger charge is 1.95. The molecular weight excluding hydrogens is 85.8 g/mol. The summed E-state index contributed by atoms with van der Waals surface area (Å²) in [5.41, 5.74) is 0. The van der Waals surface area contributed by atoms with Gasteiger partial charge in [-0.3, -0.25) is 4.79 Å². The maximum atomic E-state index is 10.8. The Labute approximate surface area is 34.6 Å². The lowest BCUT2D eigenvalue weighted by atomic mass is 9.83. The Hall–Kier alpha value is -0.665. The molecule has 0 rings (SSSR count). The van der Waals surface area contributed by atoms with Crippen molar-refractivity contribution in [1.29, 1.82) is 0 Å². The number of carbonyl (C=O) groups is 2. The van der Waals surface area contributed by atoms with E-state index in [1.165, 1.54) is 0 Å². The predicted molar refractivity (Wildman–Crippen MR) is 19.0 cm³/mol. The smallest absolute Gasteiger partial charge is 0.315 e. The minimum Gasteiger partial charge on any atom is -0.315 e. The molecule has 0 atom stereocenters. The molecular formula is C2HBFO2. The van der Waals surface area contributed by atoms with E-state index in [0.29, 0.717) is 7.28 Å². The predicted octanol–water partition coefficient (Wildman–Crippen LogP) is -0.0297. The van der Waals surface area contributed by atoms with Crippen molar-refractivity contribution in [3.8, 4) is 0 Å². The van der Waals surface area contributed by atoms with Gasteiger partial charge in [-0.2, -0.15) is 4.39 Å². The molecule has 0 amide bonds. The first-order chi connectivity index (χ1) is 2.77. The van der Waals surface area contributed by atoms with Crippen molar-refractivity contribution in [1.82, 2.24) is 0 Å². The van der Waals surface area contributed by atoms with Crippen molar-refractivity contribution < 1.29 is 14.0 Å². The van der Waals surface area contributed by atoms with Gasteiger partial charge in [-0.05, 0) is 0 Å². The number of halogens is 1. The first kappa shape index (κ1) is 5.33. The Morgan fingerprint density at radius 1 is 1.83 bits per heavy atom. The van der Waals surface area contributed by atoms with Gasteiger partial charge >= 0.3 is 7.28 Å². The maximum Gasteiger partial charge on any atom is 0.333 e. The molecule has 0 bridgehead atoms. The SMILES string of the molecule is O=C[B]C(=O)F. The molecule has 0 aliphatic carbocycles. The molecule has 2 nitrogen and oxygen atoms in total. The molecule has 0 aromatic carbocycles. The fourth-order valence-electron chi connectivity index (χ4n) is 0.0535. The van der Waals surface area contributed by atoms with Gasteiger partial charge in [0.15, 0.2) is 0 Å². The first-order valence-electron chi connectivity index (χ1n) is 1.25. The van der Waals surface area contributed by atoms with E-state index in [9.17, 15) is 4.39 Å². The number of rotatable bonds is 2. The number of carbonyl (C=O) groups excluding carboxylic acids is 2. The second-order valence-corrected chi connectivity index (χ2v) is 0.607. The molecule has 0 aliphatic heterocycles. The summed E-state index contributed by atoms with van der Waals surface area (Å²) >= 11 is 0. The third-order valence-corrected chi connectivity index (χ3v) is 0.199. The number of hydrogen-bond donors (Lipinski definition) is 0. The average Bonchev–Trinajstić information content (AvgIpc) is 1.35. The Morgan fingerprint density at radius 2 is 2.33 bits per heavy atom. The van der Waals surface area contributed by atoms with Crippen LogP contribution in [0.4, 0.5) is 9.18 Å². The molecule has 0 unspecified atom stereocenters. The van der Waals surface area contributed by atoms with Crippen LogP contribution in [0.15, 0.2) is 0 Å². The van der Waals surface area contributed by atoms with E-state index in [4.69, 9.17) is 9.59 Å². The zero-order valence-electron chi connectivity index (χ0n) is 2.85. The molecule has 0 N–H and O–H groups in total. The van der Waals surface area contributed by atoms with Crippen LogP contribution in [0.5, 0.6) is 0 Å². The van der Waals surface area contributed by atoms with Crippen molar-refractivity contribution in [2.45, 2.75) is 0 Å². The zero-order chi connectivity index (χ0) is 4.99. The maximum absolute atomic E-state index is 10.8. The molecule has 0 fully saturated rings. The summed E-state index contributed by atoms with van der Waals surface area (Å²) in [7, 11) is 0.306. The quantitative estimate of drug-likeness (QED) is 0.269. The van der Waals surface area contributed by atoms with Crippen molar-refractivity contribution in [3.05, 3.63) is 0 Å². The second-order valence-electron chi connectivity index (χ2n) is 0.607. The van der Waals surface area contributed by atoms with E-state index >= 15 is 0 Å². The fraction of sp³-hybridized carbons (Fsp3) is 0. The molecule has 6 heavy (non-hydrogen) atoms. The van der Waals surface area contributed by atoms with Gasteiger partial charge in [-0.15, -0.1) is 0 Å². The topological polar surface area (TPSA) is 34.1 Å². The van der Waals surface area contributed by atoms with Gasteiger partial charge in [0.2, 0.25) is 0 Å². The molecule has 0 saturated heterocycles. The highest BCUT2D eigenvalue weighted by Crippen LogP contribution is 1.66. The van der Waals surface area contributed by atoms with Crippen LogP contribution >= 0.6 is 0 Å². The van der Waals surface area contributed by atoms with Gasteiger partial charge in [0.1, 0.15) is 0 Å². The van der Waals surface area contributed by atoms with Gasteiger partial charge in [0.25, 0.3) is 5.94 Å². The van der Waals surface area contributed by atoms with Gasteiger partial charge in [0, 0.05) is 0 Å². The van der Waals surface area contributed by atoms with Crippen molar-refractivity contribution in [3.63, 3.8) is 0 Å². The Bertz CT molecular complexity index is 71.9. The molecule has 0 aromatic heterocycles. The summed E-state index contributed by atoms with van der Waals surface area (Å²) in [4.78, 5) is 18.2. The molecule has 0 aliphatic rings. The van der Waals surface area contributed by atoms with Gasteiger partial charge < -0.3 is 4.79 Å². The van der Waals surface area contributed by atoms with Crippen LogP contribution in [-0.2, 0) is 4.79 Å². The van der Waals surface area contributed by atoms with Crippen LogP contribution in [0.3, 0.4) is 0 Å². The van der Waals surface area contributed by atoms with E-state index in [0.717, 1.165) is 0 Å². The fourth-order valence-corrected chi connectivity index (χ4v) is 0.0535. The minimum atomic E-state index is -1.70. The van der Waals surface area contributed by atoms with Crippen molar-refractivity contribution in [2.24, 2.45) is 0 Å². The third kappa shape index (κ3) is 3.33. The Balaban J connectivity index is 3.05. The minimum absolute atomic E-state index is 0.0995. The highest BCUT2D eigenvalue weighted by atomic mass is 19.1. The summed E-state index contributed by atoms with van der Waals surface area (Å²) < 4.78 is 10.8. The summed E-state index contributed by atoms with van der Waals surface area (Å²) in [6.07, 6.45) is 0.0995. The molecule has 0 aromatic rings. The van der Waals surface area contributed by atoms with Crippen LogP contribution in [0.25, 0.3) is 0 Å². The van der Waals surface area contributed by atoms with Crippen LogP contribution in [0, 0.1) is 0 Å². The van der Waals surface area contributed by atoms with Gasteiger partial charge in [-0.1, -0.05) is 0 Å². The summed E-state index contributed by atoms with van der Waals surface area (Å²) in [6, 6.07) is 0. The zero-order valence-corrected chi connectivity index (χ0v) is 2.85. The largest absolute Gasteiger partial charge is 0.333 e. The van der Waals surface area contributed by atoms with E-state index < -0.39 is 5.94 Å². The normalized spacial score (nSPS) is 6.83. The lowest BCUT2D eigenvalue weighted by molar-refractivity contribution is 0.243. The highest BCUT2D eigenvalue weighted by molar-refractivity contribution is 6.91. The third-order valence-electron chi connectivity index (χ3n) is 0.199.